The summed E-state index contributed by atoms with van der Waals surface area (Å²) in [6.45, 7) is 0.260. The van der Waals surface area contributed by atoms with Gasteiger partial charge in [-0.05, 0) is 51.3 Å². The minimum atomic E-state index is -0.824. The molecule has 5 heteroatoms. The fourth-order valence-electron chi connectivity index (χ4n) is 2.11. The third-order valence-electron chi connectivity index (χ3n) is 3.20. The van der Waals surface area contributed by atoms with Gasteiger partial charge in [0.25, 0.3) is 0 Å². The van der Waals surface area contributed by atoms with Gasteiger partial charge in [-0.15, -0.1) is 0 Å². The number of aliphatic hydroxyl groups excluding tert-OH is 1. The molecule has 0 aliphatic rings. The summed E-state index contributed by atoms with van der Waals surface area (Å²) in [5.41, 5.74) is 7.23. The molecule has 0 amide bonds. The second-order valence-corrected chi connectivity index (χ2v) is 5.81. The Morgan fingerprint density at radius 1 is 1.20 bits per heavy atom. The molecule has 2 atom stereocenters. The van der Waals surface area contributed by atoms with E-state index in [0.29, 0.717) is 15.1 Å². The number of benzene rings is 2. The van der Waals surface area contributed by atoms with E-state index < -0.39 is 6.10 Å². The molecule has 0 heterocycles. The Kier molecular flexibility index (Phi) is 5.16. The number of rotatable bonds is 4. The number of hydrogen-bond acceptors (Lipinski definition) is 2. The lowest BCUT2D eigenvalue weighted by Crippen LogP contribution is -2.20. The van der Waals surface area contributed by atoms with Crippen LogP contribution in [0, 0.1) is 5.82 Å². The summed E-state index contributed by atoms with van der Waals surface area (Å²) in [6, 6.07) is 11.7. The molecule has 0 aliphatic carbocycles. The predicted octanol–water partition coefficient (Wildman–Crippen LogP) is 4.02. The third kappa shape index (κ3) is 3.38. The Balaban J connectivity index is 2.33. The van der Waals surface area contributed by atoms with Crippen molar-refractivity contribution in [3.05, 3.63) is 68.9 Å². The molecule has 106 valence electrons. The zero-order chi connectivity index (χ0) is 14.7. The van der Waals surface area contributed by atoms with Gasteiger partial charge in [0.15, 0.2) is 0 Å². The van der Waals surface area contributed by atoms with E-state index in [1.807, 2.05) is 12.1 Å². The zero-order valence-corrected chi connectivity index (χ0v) is 12.9. The smallest absolute Gasteiger partial charge is 0.137 e. The van der Waals surface area contributed by atoms with E-state index >= 15 is 0 Å². The lowest BCUT2D eigenvalue weighted by Gasteiger charge is -2.22. The summed E-state index contributed by atoms with van der Waals surface area (Å²) in [5.74, 6) is -0.668. The molecule has 0 fully saturated rings. The van der Waals surface area contributed by atoms with Gasteiger partial charge in [0, 0.05) is 17.5 Å². The minimum Gasteiger partial charge on any atom is -0.388 e. The fraction of sp³-hybridized carbons (Fsp3) is 0.200. The monoisotopic (exact) mass is 357 g/mol. The summed E-state index contributed by atoms with van der Waals surface area (Å²) in [5, 5.41) is 11.1. The van der Waals surface area contributed by atoms with Crippen LogP contribution in [-0.2, 0) is 0 Å². The Hall–Kier alpha value is -0.940. The average molecular weight is 359 g/mol. The summed E-state index contributed by atoms with van der Waals surface area (Å²) in [4.78, 5) is 0. The second-order valence-electron chi connectivity index (χ2n) is 4.52. The number of halogens is 3. The molecule has 0 saturated carbocycles. The lowest BCUT2D eigenvalue weighted by molar-refractivity contribution is 0.147. The molecule has 0 aliphatic heterocycles. The fourth-order valence-corrected chi connectivity index (χ4v) is 2.71. The van der Waals surface area contributed by atoms with Crippen LogP contribution in [0.25, 0.3) is 0 Å². The quantitative estimate of drug-likeness (QED) is 0.867. The van der Waals surface area contributed by atoms with Crippen LogP contribution < -0.4 is 5.73 Å². The first-order valence-electron chi connectivity index (χ1n) is 6.11. The van der Waals surface area contributed by atoms with Crippen LogP contribution >= 0.6 is 27.5 Å². The molecule has 2 unspecified atom stereocenters. The molecule has 0 aromatic heterocycles. The van der Waals surface area contributed by atoms with Gasteiger partial charge < -0.3 is 10.8 Å². The second kappa shape index (κ2) is 6.68. The van der Waals surface area contributed by atoms with E-state index in [1.165, 1.54) is 6.07 Å². The van der Waals surface area contributed by atoms with Gasteiger partial charge >= 0.3 is 0 Å². The largest absolute Gasteiger partial charge is 0.388 e. The van der Waals surface area contributed by atoms with Crippen molar-refractivity contribution >= 4 is 27.5 Å². The molecule has 0 radical (unpaired) electrons. The maximum Gasteiger partial charge on any atom is 0.137 e. The maximum absolute atomic E-state index is 13.3. The molecule has 0 saturated heterocycles. The molecule has 0 spiro atoms. The summed E-state index contributed by atoms with van der Waals surface area (Å²) < 4.78 is 13.6. The first-order chi connectivity index (χ1) is 9.52. The highest BCUT2D eigenvalue weighted by Crippen LogP contribution is 2.32. The molecule has 2 aromatic rings. The van der Waals surface area contributed by atoms with Crippen molar-refractivity contribution in [3.63, 3.8) is 0 Å². The van der Waals surface area contributed by atoms with Crippen molar-refractivity contribution in [1.29, 1.82) is 0 Å². The Labute approximate surface area is 130 Å². The molecule has 3 N–H and O–H groups in total. The van der Waals surface area contributed by atoms with Crippen molar-refractivity contribution in [2.75, 3.05) is 6.54 Å². The van der Waals surface area contributed by atoms with Crippen LogP contribution in [0.4, 0.5) is 4.39 Å². The molecule has 20 heavy (non-hydrogen) atoms. The standard InChI is InChI=1S/C15H14BrClFNO/c16-13-7-10(4-5-14(13)18)15(20)12(8-19)9-2-1-3-11(17)6-9/h1-7,12,15,20H,8,19H2. The highest BCUT2D eigenvalue weighted by molar-refractivity contribution is 9.10. The first kappa shape index (κ1) is 15.4. The van der Waals surface area contributed by atoms with Gasteiger partial charge in [0.2, 0.25) is 0 Å². The van der Waals surface area contributed by atoms with E-state index in [4.69, 9.17) is 17.3 Å². The summed E-state index contributed by atoms with van der Waals surface area (Å²) in [6.07, 6.45) is -0.824. The maximum atomic E-state index is 13.3. The van der Waals surface area contributed by atoms with Gasteiger partial charge in [0.05, 0.1) is 10.6 Å². The minimum absolute atomic E-state index is 0.260. The topological polar surface area (TPSA) is 46.2 Å². The van der Waals surface area contributed by atoms with E-state index in [1.54, 1.807) is 24.3 Å². The Morgan fingerprint density at radius 3 is 2.55 bits per heavy atom. The average Bonchev–Trinajstić information content (AvgIpc) is 2.42. The number of aliphatic hydroxyl groups is 1. The molecular formula is C15H14BrClFNO. The van der Waals surface area contributed by atoms with Crippen LogP contribution in [0.3, 0.4) is 0 Å². The lowest BCUT2D eigenvalue weighted by atomic mass is 9.89. The van der Waals surface area contributed by atoms with Crippen molar-refractivity contribution in [2.45, 2.75) is 12.0 Å². The van der Waals surface area contributed by atoms with Crippen LogP contribution in [0.1, 0.15) is 23.1 Å². The SMILES string of the molecule is NCC(c1cccc(Cl)c1)C(O)c1ccc(F)c(Br)c1. The van der Waals surface area contributed by atoms with Crippen LogP contribution in [-0.4, -0.2) is 11.7 Å². The summed E-state index contributed by atoms with van der Waals surface area (Å²) >= 11 is 9.08. The molecule has 2 rings (SSSR count). The predicted molar refractivity (Wildman–Crippen MR) is 82.3 cm³/mol. The highest BCUT2D eigenvalue weighted by atomic mass is 79.9. The van der Waals surface area contributed by atoms with E-state index in [0.717, 1.165) is 5.56 Å². The first-order valence-corrected chi connectivity index (χ1v) is 7.28. The van der Waals surface area contributed by atoms with Crippen LogP contribution in [0.2, 0.25) is 5.02 Å². The zero-order valence-electron chi connectivity index (χ0n) is 10.6. The Morgan fingerprint density at radius 2 is 1.95 bits per heavy atom. The van der Waals surface area contributed by atoms with Crippen molar-refractivity contribution in [2.24, 2.45) is 5.73 Å². The number of hydrogen-bond donors (Lipinski definition) is 2. The van der Waals surface area contributed by atoms with Gasteiger partial charge in [-0.2, -0.15) is 0 Å². The van der Waals surface area contributed by atoms with E-state index in [9.17, 15) is 9.50 Å². The summed E-state index contributed by atoms with van der Waals surface area (Å²) in [7, 11) is 0. The number of nitrogens with two attached hydrogens (primary N) is 1. The van der Waals surface area contributed by atoms with Gasteiger partial charge in [-0.25, -0.2) is 4.39 Å². The Bertz CT molecular complexity index is 608. The van der Waals surface area contributed by atoms with Crippen LogP contribution in [0.15, 0.2) is 46.9 Å². The molecule has 2 nitrogen and oxygen atoms in total. The van der Waals surface area contributed by atoms with Crippen molar-refractivity contribution < 1.29 is 9.50 Å². The van der Waals surface area contributed by atoms with Gasteiger partial charge in [-0.3, -0.25) is 0 Å². The van der Waals surface area contributed by atoms with Gasteiger partial charge in [0.1, 0.15) is 5.82 Å². The normalized spacial score (nSPS) is 14.1. The molecule has 2 aromatic carbocycles. The van der Waals surface area contributed by atoms with E-state index in [2.05, 4.69) is 15.9 Å². The highest BCUT2D eigenvalue weighted by Gasteiger charge is 2.22. The molecular weight excluding hydrogens is 345 g/mol. The van der Waals surface area contributed by atoms with Crippen molar-refractivity contribution in [3.8, 4) is 0 Å². The van der Waals surface area contributed by atoms with Crippen molar-refractivity contribution in [1.82, 2.24) is 0 Å². The molecule has 0 bridgehead atoms. The van der Waals surface area contributed by atoms with E-state index in [-0.39, 0.29) is 18.3 Å². The third-order valence-corrected chi connectivity index (χ3v) is 4.04. The van der Waals surface area contributed by atoms with Gasteiger partial charge in [-0.1, -0.05) is 29.8 Å². The van der Waals surface area contributed by atoms with Crippen LogP contribution in [0.5, 0.6) is 0 Å².